The van der Waals surface area contributed by atoms with E-state index in [2.05, 4.69) is 13.8 Å². The smallest absolute Gasteiger partial charge is 0.145 e. The van der Waals surface area contributed by atoms with Gasteiger partial charge in [-0.05, 0) is 13.8 Å². The quantitative estimate of drug-likeness (QED) is 0.591. The molecule has 0 amide bonds. The van der Waals surface area contributed by atoms with E-state index >= 15 is 0 Å². The molecule has 0 saturated carbocycles. The summed E-state index contributed by atoms with van der Waals surface area (Å²) in [5.74, 6) is 0. The zero-order valence-electron chi connectivity index (χ0n) is 7.04. The van der Waals surface area contributed by atoms with Crippen molar-refractivity contribution in [1.29, 1.82) is 0 Å². The summed E-state index contributed by atoms with van der Waals surface area (Å²) < 4.78 is 10.1. The van der Waals surface area contributed by atoms with Gasteiger partial charge in [-0.15, -0.1) is 0 Å². The molecule has 1 fully saturated rings. The van der Waals surface area contributed by atoms with Gasteiger partial charge < -0.3 is 14.6 Å². The van der Waals surface area contributed by atoms with E-state index in [1.807, 2.05) is 4.90 Å². The van der Waals surface area contributed by atoms with Crippen molar-refractivity contribution >= 4 is 0 Å². The zero-order valence-corrected chi connectivity index (χ0v) is 7.04. The highest BCUT2D eigenvalue weighted by Crippen LogP contribution is 2.20. The molecule has 0 aromatic rings. The van der Waals surface area contributed by atoms with Crippen LogP contribution in [0.25, 0.3) is 0 Å². The second kappa shape index (κ2) is 3.49. The van der Waals surface area contributed by atoms with Crippen LogP contribution < -0.4 is 0 Å². The summed E-state index contributed by atoms with van der Waals surface area (Å²) in [6, 6.07) is 0. The monoisotopic (exact) mass is 161 g/mol. The van der Waals surface area contributed by atoms with Crippen molar-refractivity contribution in [2.75, 3.05) is 26.9 Å². The molecule has 66 valence electrons. The van der Waals surface area contributed by atoms with Gasteiger partial charge in [-0.2, -0.15) is 0 Å². The van der Waals surface area contributed by atoms with Crippen molar-refractivity contribution in [3.8, 4) is 0 Å². The Morgan fingerprint density at radius 2 is 2.36 bits per heavy atom. The molecule has 1 rings (SSSR count). The molecular weight excluding hydrogens is 146 g/mol. The summed E-state index contributed by atoms with van der Waals surface area (Å²) in [6.07, 6.45) is 0. The first kappa shape index (κ1) is 8.93. The molecule has 0 aromatic carbocycles. The number of ether oxygens (including phenoxy) is 2. The van der Waals surface area contributed by atoms with Crippen molar-refractivity contribution in [1.82, 2.24) is 4.90 Å². The maximum Gasteiger partial charge on any atom is 0.145 e. The average molecular weight is 161 g/mol. The number of aliphatic hydroxyl groups is 1. The summed E-state index contributed by atoms with van der Waals surface area (Å²) in [7, 11) is 0. The zero-order chi connectivity index (χ0) is 8.32. The van der Waals surface area contributed by atoms with Crippen LogP contribution in [0.15, 0.2) is 0 Å². The first-order chi connectivity index (χ1) is 5.17. The van der Waals surface area contributed by atoms with Crippen molar-refractivity contribution in [2.45, 2.75) is 19.4 Å². The van der Waals surface area contributed by atoms with Crippen LogP contribution in [0.1, 0.15) is 13.8 Å². The molecule has 4 nitrogen and oxygen atoms in total. The predicted octanol–water partition coefficient (Wildman–Crippen LogP) is -0.0214. The third kappa shape index (κ3) is 2.13. The first-order valence-corrected chi connectivity index (χ1v) is 3.68. The highest BCUT2D eigenvalue weighted by Gasteiger charge is 2.32. The molecular formula is C7H15NO3. The number of aliphatic hydroxyl groups excluding tert-OH is 1. The molecule has 0 radical (unpaired) electrons. The Labute approximate surface area is 66.7 Å². The van der Waals surface area contributed by atoms with E-state index in [0.29, 0.717) is 13.5 Å². The Hall–Kier alpha value is -0.160. The largest absolute Gasteiger partial charge is 0.371 e. The normalized spacial score (nSPS) is 24.3. The van der Waals surface area contributed by atoms with Crippen LogP contribution in [0.4, 0.5) is 0 Å². The van der Waals surface area contributed by atoms with Gasteiger partial charge in [0.25, 0.3) is 0 Å². The van der Waals surface area contributed by atoms with E-state index in [1.54, 1.807) is 0 Å². The second-order valence-corrected chi connectivity index (χ2v) is 3.29. The highest BCUT2D eigenvalue weighted by molar-refractivity contribution is 4.82. The minimum absolute atomic E-state index is 0.0369. The van der Waals surface area contributed by atoms with Gasteiger partial charge in [0.2, 0.25) is 0 Å². The number of nitrogens with zero attached hydrogens (tertiary/aromatic N) is 1. The predicted molar refractivity (Wildman–Crippen MR) is 39.8 cm³/mol. The third-order valence-corrected chi connectivity index (χ3v) is 1.90. The molecule has 1 saturated heterocycles. The molecule has 0 unspecified atom stereocenters. The molecule has 11 heavy (non-hydrogen) atoms. The molecule has 1 N–H and O–H groups in total. The molecule has 0 atom stereocenters. The van der Waals surface area contributed by atoms with E-state index in [0.717, 1.165) is 6.61 Å². The highest BCUT2D eigenvalue weighted by atomic mass is 16.6. The summed E-state index contributed by atoms with van der Waals surface area (Å²) in [4.78, 5) is 2.03. The van der Waals surface area contributed by atoms with Gasteiger partial charge in [0.15, 0.2) is 0 Å². The Morgan fingerprint density at radius 3 is 2.82 bits per heavy atom. The number of hydrogen-bond acceptors (Lipinski definition) is 4. The Kier molecular flexibility index (Phi) is 2.84. The van der Waals surface area contributed by atoms with Crippen molar-refractivity contribution < 1.29 is 14.6 Å². The maximum absolute atomic E-state index is 8.41. The summed E-state index contributed by atoms with van der Waals surface area (Å²) in [6.45, 7) is 5.69. The fourth-order valence-corrected chi connectivity index (χ4v) is 1.03. The van der Waals surface area contributed by atoms with Crippen LogP contribution in [0.3, 0.4) is 0 Å². The molecule has 1 heterocycles. The van der Waals surface area contributed by atoms with Gasteiger partial charge >= 0.3 is 0 Å². The number of hydrogen-bond donors (Lipinski definition) is 1. The lowest BCUT2D eigenvalue weighted by Gasteiger charge is -2.27. The van der Waals surface area contributed by atoms with E-state index < -0.39 is 0 Å². The van der Waals surface area contributed by atoms with Gasteiger partial charge in [0.05, 0.1) is 6.61 Å². The van der Waals surface area contributed by atoms with Crippen LogP contribution in [-0.2, 0) is 9.47 Å². The molecule has 0 aromatic heterocycles. The topological polar surface area (TPSA) is 41.9 Å². The molecule has 1 aliphatic rings. The van der Waals surface area contributed by atoms with Gasteiger partial charge in [-0.25, -0.2) is 4.90 Å². The lowest BCUT2D eigenvalue weighted by atomic mass is 10.1. The van der Waals surface area contributed by atoms with E-state index in [1.165, 1.54) is 0 Å². The molecule has 0 aliphatic carbocycles. The van der Waals surface area contributed by atoms with Crippen LogP contribution in [0, 0.1) is 0 Å². The summed E-state index contributed by atoms with van der Waals surface area (Å²) in [5, 5.41) is 8.41. The van der Waals surface area contributed by atoms with Crippen LogP contribution in [-0.4, -0.2) is 42.4 Å². The average Bonchev–Trinajstić information content (AvgIpc) is 2.25. The van der Waals surface area contributed by atoms with Crippen LogP contribution in [0.5, 0.6) is 0 Å². The molecule has 0 bridgehead atoms. The fraction of sp³-hybridized carbons (Fsp3) is 1.00. The minimum atomic E-state index is -0.230. The van der Waals surface area contributed by atoms with Crippen molar-refractivity contribution in [3.63, 3.8) is 0 Å². The van der Waals surface area contributed by atoms with Gasteiger partial charge in [-0.3, -0.25) is 0 Å². The summed E-state index contributed by atoms with van der Waals surface area (Å²) in [5.41, 5.74) is 0.0369. The molecule has 1 aliphatic heterocycles. The van der Waals surface area contributed by atoms with Gasteiger partial charge in [0.1, 0.15) is 20.3 Å². The van der Waals surface area contributed by atoms with E-state index in [-0.39, 0.29) is 12.3 Å². The van der Waals surface area contributed by atoms with E-state index in [9.17, 15) is 0 Å². The SMILES string of the molecule is CC1(C)COCN1COCO. The first-order valence-electron chi connectivity index (χ1n) is 3.68. The van der Waals surface area contributed by atoms with Gasteiger partial charge in [0, 0.05) is 5.54 Å². The van der Waals surface area contributed by atoms with Gasteiger partial charge in [-0.1, -0.05) is 0 Å². The van der Waals surface area contributed by atoms with E-state index in [4.69, 9.17) is 14.6 Å². The van der Waals surface area contributed by atoms with Crippen LogP contribution in [0.2, 0.25) is 0 Å². The third-order valence-electron chi connectivity index (χ3n) is 1.90. The standard InChI is InChI=1S/C7H15NO3/c1-7(2)3-10-4-8(7)5-11-6-9/h9H,3-6H2,1-2H3. The van der Waals surface area contributed by atoms with Crippen molar-refractivity contribution in [3.05, 3.63) is 0 Å². The number of rotatable bonds is 3. The minimum Gasteiger partial charge on any atom is -0.371 e. The molecule has 4 heteroatoms. The Bertz CT molecular complexity index is 127. The Morgan fingerprint density at radius 1 is 1.64 bits per heavy atom. The molecule has 0 spiro atoms. The Balaban J connectivity index is 2.32. The summed E-state index contributed by atoms with van der Waals surface area (Å²) >= 11 is 0. The van der Waals surface area contributed by atoms with Crippen molar-refractivity contribution in [2.24, 2.45) is 0 Å². The fourth-order valence-electron chi connectivity index (χ4n) is 1.03. The second-order valence-electron chi connectivity index (χ2n) is 3.29. The lowest BCUT2D eigenvalue weighted by molar-refractivity contribution is -0.0743. The lowest BCUT2D eigenvalue weighted by Crippen LogP contribution is -2.41. The van der Waals surface area contributed by atoms with Crippen LogP contribution >= 0.6 is 0 Å². The maximum atomic E-state index is 8.41.